The summed E-state index contributed by atoms with van der Waals surface area (Å²) in [5.74, 6) is 0.120. The quantitative estimate of drug-likeness (QED) is 0.703. The van der Waals surface area contributed by atoms with Crippen LogP contribution in [0.15, 0.2) is 24.3 Å². The van der Waals surface area contributed by atoms with Crippen LogP contribution in [0.25, 0.3) is 0 Å². The van der Waals surface area contributed by atoms with E-state index in [0.29, 0.717) is 18.3 Å². The van der Waals surface area contributed by atoms with Crippen LogP contribution >= 0.6 is 0 Å². The topological polar surface area (TPSA) is 44.6 Å². The standard InChI is InChI=1S/C28H39N5O/c1-30-26-12-11-24(32-17-15-31(16-18-32)23-9-3-2-4-10-23)19-25(26)27(29-30)28(34)33-14-13-21-7-5-6-8-22(21)20-33/h5-8,23-24H,2-4,9-20H2,1H3. The first-order valence-corrected chi connectivity index (χ1v) is 13.6. The van der Waals surface area contributed by atoms with E-state index >= 15 is 0 Å². The highest BCUT2D eigenvalue weighted by Crippen LogP contribution is 2.30. The van der Waals surface area contributed by atoms with Gasteiger partial charge in [-0.3, -0.25) is 19.3 Å². The normalized spacial score (nSPS) is 24.6. The fourth-order valence-corrected chi connectivity index (χ4v) is 6.99. The summed E-state index contributed by atoms with van der Waals surface area (Å²) in [5.41, 5.74) is 5.86. The first-order chi connectivity index (χ1) is 16.7. The van der Waals surface area contributed by atoms with E-state index in [4.69, 9.17) is 5.10 Å². The Bertz CT molecular complexity index is 1030. The second kappa shape index (κ2) is 9.46. The summed E-state index contributed by atoms with van der Waals surface area (Å²) < 4.78 is 1.98. The number of nitrogens with zero attached hydrogens (tertiary/aromatic N) is 5. The molecule has 182 valence electrons. The minimum Gasteiger partial charge on any atom is -0.333 e. The largest absolute Gasteiger partial charge is 0.333 e. The summed E-state index contributed by atoms with van der Waals surface area (Å²) in [5, 5.41) is 4.77. The van der Waals surface area contributed by atoms with Crippen LogP contribution in [0.5, 0.6) is 0 Å². The van der Waals surface area contributed by atoms with Gasteiger partial charge in [-0.05, 0) is 49.7 Å². The van der Waals surface area contributed by atoms with E-state index in [9.17, 15) is 4.79 Å². The number of hydrogen-bond acceptors (Lipinski definition) is 4. The molecule has 34 heavy (non-hydrogen) atoms. The number of piperazine rings is 1. The average Bonchev–Trinajstić information content (AvgIpc) is 3.24. The first kappa shape index (κ1) is 22.3. The van der Waals surface area contributed by atoms with Crippen LogP contribution in [0, 0.1) is 0 Å². The number of fused-ring (bicyclic) bond motifs is 2. The molecular formula is C28H39N5O. The van der Waals surface area contributed by atoms with Gasteiger partial charge in [0, 0.05) is 69.7 Å². The van der Waals surface area contributed by atoms with E-state index in [0.717, 1.165) is 31.8 Å². The van der Waals surface area contributed by atoms with Crippen LogP contribution in [-0.4, -0.2) is 75.2 Å². The second-order valence-electron chi connectivity index (χ2n) is 10.9. The first-order valence-electron chi connectivity index (χ1n) is 13.6. The molecule has 0 N–H and O–H groups in total. The Morgan fingerprint density at radius 1 is 0.853 bits per heavy atom. The number of rotatable bonds is 3. The van der Waals surface area contributed by atoms with E-state index < -0.39 is 0 Å². The Kier molecular flexibility index (Phi) is 6.20. The molecular weight excluding hydrogens is 422 g/mol. The Morgan fingerprint density at radius 3 is 2.32 bits per heavy atom. The molecule has 0 radical (unpaired) electrons. The SMILES string of the molecule is Cn1nc(C(=O)N2CCc3ccccc3C2)c2c1CCC(N1CCN(C3CCCCC3)CC1)C2. The van der Waals surface area contributed by atoms with Crippen molar-refractivity contribution in [3.05, 3.63) is 52.3 Å². The summed E-state index contributed by atoms with van der Waals surface area (Å²) >= 11 is 0. The maximum Gasteiger partial charge on any atom is 0.274 e. The van der Waals surface area contributed by atoms with Crippen LogP contribution in [0.4, 0.5) is 0 Å². The lowest BCUT2D eigenvalue weighted by Gasteiger charge is -2.44. The van der Waals surface area contributed by atoms with Crippen LogP contribution in [0.1, 0.15) is 71.4 Å². The van der Waals surface area contributed by atoms with E-state index in [-0.39, 0.29) is 5.91 Å². The van der Waals surface area contributed by atoms with Crippen LogP contribution < -0.4 is 0 Å². The molecule has 1 unspecified atom stereocenters. The molecule has 0 spiro atoms. The van der Waals surface area contributed by atoms with Gasteiger partial charge in [0.1, 0.15) is 0 Å². The van der Waals surface area contributed by atoms with Crippen molar-refractivity contribution in [1.29, 1.82) is 0 Å². The zero-order chi connectivity index (χ0) is 23.1. The fourth-order valence-electron chi connectivity index (χ4n) is 6.99. The lowest BCUT2D eigenvalue weighted by atomic mass is 9.89. The van der Waals surface area contributed by atoms with Gasteiger partial charge >= 0.3 is 0 Å². The van der Waals surface area contributed by atoms with Gasteiger partial charge in [0.15, 0.2) is 5.69 Å². The highest BCUT2D eigenvalue weighted by molar-refractivity contribution is 5.94. The van der Waals surface area contributed by atoms with Crippen molar-refractivity contribution in [2.24, 2.45) is 7.05 Å². The zero-order valence-corrected chi connectivity index (χ0v) is 20.7. The molecule has 1 amide bonds. The average molecular weight is 462 g/mol. The van der Waals surface area contributed by atoms with Crippen LogP contribution in [-0.2, 0) is 32.9 Å². The molecule has 2 fully saturated rings. The fraction of sp³-hybridized carbons (Fsp3) is 0.643. The summed E-state index contributed by atoms with van der Waals surface area (Å²) in [4.78, 5) is 21.1. The maximum absolute atomic E-state index is 13.6. The third kappa shape index (κ3) is 4.20. The summed E-state index contributed by atoms with van der Waals surface area (Å²) in [6.45, 7) is 6.24. The molecule has 1 saturated carbocycles. The smallest absolute Gasteiger partial charge is 0.274 e. The second-order valence-corrected chi connectivity index (χ2v) is 10.9. The number of carbonyl (C=O) groups is 1. The van der Waals surface area contributed by atoms with E-state index in [1.165, 1.54) is 87.1 Å². The van der Waals surface area contributed by atoms with Gasteiger partial charge in [-0.1, -0.05) is 43.5 Å². The predicted molar refractivity (Wildman–Crippen MR) is 134 cm³/mol. The third-order valence-electron chi connectivity index (χ3n) is 9.01. The maximum atomic E-state index is 13.6. The van der Waals surface area contributed by atoms with Crippen molar-refractivity contribution in [3.8, 4) is 0 Å². The Balaban J connectivity index is 1.14. The van der Waals surface area contributed by atoms with Crippen molar-refractivity contribution in [3.63, 3.8) is 0 Å². The van der Waals surface area contributed by atoms with Crippen LogP contribution in [0.3, 0.4) is 0 Å². The molecule has 2 aliphatic heterocycles. The predicted octanol–water partition coefficient (Wildman–Crippen LogP) is 3.43. The Labute approximate surface area is 203 Å². The number of aromatic nitrogens is 2. The van der Waals surface area contributed by atoms with Crippen molar-refractivity contribution in [2.45, 2.75) is 76.4 Å². The molecule has 3 heterocycles. The molecule has 1 aromatic carbocycles. The van der Waals surface area contributed by atoms with E-state index in [1.54, 1.807) is 0 Å². The minimum atomic E-state index is 0.120. The highest BCUT2D eigenvalue weighted by atomic mass is 16.2. The molecule has 1 aromatic heterocycles. The van der Waals surface area contributed by atoms with Gasteiger partial charge in [-0.15, -0.1) is 0 Å². The van der Waals surface area contributed by atoms with Gasteiger partial charge in [0.05, 0.1) is 0 Å². The summed E-state index contributed by atoms with van der Waals surface area (Å²) in [6.07, 6.45) is 11.2. The molecule has 2 aromatic rings. The molecule has 1 atom stereocenters. The highest BCUT2D eigenvalue weighted by Gasteiger charge is 2.35. The van der Waals surface area contributed by atoms with Gasteiger partial charge in [0.25, 0.3) is 5.91 Å². The van der Waals surface area contributed by atoms with Gasteiger partial charge in [-0.2, -0.15) is 5.10 Å². The van der Waals surface area contributed by atoms with E-state index in [2.05, 4.69) is 34.1 Å². The number of benzene rings is 1. The number of aryl methyl sites for hydroxylation is 1. The molecule has 0 bridgehead atoms. The van der Waals surface area contributed by atoms with Gasteiger partial charge in [-0.25, -0.2) is 0 Å². The third-order valence-corrected chi connectivity index (χ3v) is 9.01. The number of amides is 1. The molecule has 6 nitrogen and oxygen atoms in total. The van der Waals surface area contributed by atoms with Crippen molar-refractivity contribution in [2.75, 3.05) is 32.7 Å². The monoisotopic (exact) mass is 461 g/mol. The summed E-state index contributed by atoms with van der Waals surface area (Å²) in [6, 6.07) is 9.89. The molecule has 6 heteroatoms. The minimum absolute atomic E-state index is 0.120. The van der Waals surface area contributed by atoms with Crippen molar-refractivity contribution in [1.82, 2.24) is 24.5 Å². The zero-order valence-electron chi connectivity index (χ0n) is 20.7. The molecule has 2 aliphatic carbocycles. The van der Waals surface area contributed by atoms with Gasteiger partial charge < -0.3 is 4.90 Å². The van der Waals surface area contributed by atoms with E-state index in [1.807, 2.05) is 16.6 Å². The lowest BCUT2D eigenvalue weighted by molar-refractivity contribution is 0.0523. The number of hydrogen-bond donors (Lipinski definition) is 0. The molecule has 1 saturated heterocycles. The molecule has 4 aliphatic rings. The summed E-state index contributed by atoms with van der Waals surface area (Å²) in [7, 11) is 2.02. The number of carbonyl (C=O) groups excluding carboxylic acids is 1. The van der Waals surface area contributed by atoms with Crippen molar-refractivity contribution >= 4 is 5.91 Å². The lowest BCUT2D eigenvalue weighted by Crippen LogP contribution is -2.54. The van der Waals surface area contributed by atoms with Gasteiger partial charge in [0.2, 0.25) is 0 Å². The Morgan fingerprint density at radius 2 is 1.56 bits per heavy atom. The van der Waals surface area contributed by atoms with Crippen LogP contribution in [0.2, 0.25) is 0 Å². The van der Waals surface area contributed by atoms with Crippen molar-refractivity contribution < 1.29 is 4.79 Å². The Hall–Kier alpha value is -2.18. The molecule has 6 rings (SSSR count).